The monoisotopic (exact) mass is 520 g/mol. The predicted octanol–water partition coefficient (Wildman–Crippen LogP) is -0.516. The molecule has 2 atom stereocenters. The summed E-state index contributed by atoms with van der Waals surface area (Å²) >= 11 is 0. The van der Waals surface area contributed by atoms with Crippen molar-refractivity contribution in [1.29, 1.82) is 0 Å². The normalized spacial score (nSPS) is 15.6. The van der Waals surface area contributed by atoms with Gasteiger partial charge in [0.1, 0.15) is 5.75 Å². The van der Waals surface area contributed by atoms with Gasteiger partial charge in [0.25, 0.3) is 0 Å². The van der Waals surface area contributed by atoms with Crippen LogP contribution < -0.4 is 4.74 Å². The van der Waals surface area contributed by atoms with Crippen molar-refractivity contribution in [2.45, 2.75) is 25.9 Å². The highest BCUT2D eigenvalue weighted by atomic mass is 32.3. The molecule has 0 unspecified atom stereocenters. The van der Waals surface area contributed by atoms with E-state index in [2.05, 4.69) is 0 Å². The summed E-state index contributed by atoms with van der Waals surface area (Å²) in [4.78, 5) is 11.1. The second-order valence-electron chi connectivity index (χ2n) is 6.85. The maximum Gasteiger partial charge on any atom is 0.308 e. The number of benzene rings is 1. The van der Waals surface area contributed by atoms with E-state index in [1.54, 1.807) is 0 Å². The zero-order valence-electron chi connectivity index (χ0n) is 17.6. The number of carbonyl (C=O) groups excluding carboxylic acids is 1. The average molecular weight is 521 g/mol. The third-order valence-corrected chi connectivity index (χ3v) is 10.8. The standard InChI is InChI=1S/C15H24N2O10S4/c1-11(16(28(3,19)20)29(4,21)22)15(17(30(5,23)24)31(6,25)26)13-7-9-14(10-8-13)27-12(2)18/h7-11,15H,1-6H3/t11-,15-/m1/s1. The summed E-state index contributed by atoms with van der Waals surface area (Å²) in [5.41, 5.74) is -0.0587. The minimum absolute atomic E-state index is 0.0496. The summed E-state index contributed by atoms with van der Waals surface area (Å²) in [5, 5.41) is 0. The highest BCUT2D eigenvalue weighted by molar-refractivity contribution is 8.04. The lowest BCUT2D eigenvalue weighted by Gasteiger charge is -2.36. The smallest absolute Gasteiger partial charge is 0.308 e. The topological polar surface area (TPSA) is 169 Å². The van der Waals surface area contributed by atoms with Crippen LogP contribution in [-0.2, 0) is 44.9 Å². The second kappa shape index (κ2) is 9.11. The first-order valence-corrected chi connectivity index (χ1v) is 15.7. The molecular weight excluding hydrogens is 496 g/mol. The number of rotatable bonds is 9. The lowest BCUT2D eigenvalue weighted by molar-refractivity contribution is -0.131. The number of hydrogen-bond donors (Lipinski definition) is 0. The van der Waals surface area contributed by atoms with Crippen molar-refractivity contribution >= 4 is 46.1 Å². The van der Waals surface area contributed by atoms with Crippen LogP contribution in [0.2, 0.25) is 0 Å². The molecule has 0 aliphatic heterocycles. The van der Waals surface area contributed by atoms with E-state index in [9.17, 15) is 38.5 Å². The van der Waals surface area contributed by atoms with Crippen molar-refractivity contribution in [3.63, 3.8) is 0 Å². The molecule has 0 saturated carbocycles. The van der Waals surface area contributed by atoms with Crippen molar-refractivity contribution in [3.8, 4) is 5.75 Å². The molecule has 0 fully saturated rings. The Labute approximate surface area is 183 Å². The molecule has 0 aliphatic carbocycles. The Bertz CT molecular complexity index is 1190. The molecule has 31 heavy (non-hydrogen) atoms. The molecule has 0 saturated heterocycles. The van der Waals surface area contributed by atoms with Crippen molar-refractivity contribution in [3.05, 3.63) is 29.8 Å². The Hall–Kier alpha value is -1.59. The third-order valence-electron chi connectivity index (χ3n) is 3.81. The van der Waals surface area contributed by atoms with Crippen LogP contribution >= 0.6 is 0 Å². The third kappa shape index (κ3) is 7.21. The molecule has 1 aromatic carbocycles. The quantitative estimate of drug-likeness (QED) is 0.305. The highest BCUT2D eigenvalue weighted by Crippen LogP contribution is 2.34. The molecule has 1 rings (SSSR count). The van der Waals surface area contributed by atoms with E-state index in [0.29, 0.717) is 25.0 Å². The predicted molar refractivity (Wildman–Crippen MR) is 113 cm³/mol. The van der Waals surface area contributed by atoms with E-state index in [0.717, 1.165) is 13.8 Å². The first kappa shape index (κ1) is 27.4. The Kier molecular flexibility index (Phi) is 8.06. The van der Waals surface area contributed by atoms with Crippen LogP contribution in [-0.4, -0.2) is 78.1 Å². The van der Waals surface area contributed by atoms with Gasteiger partial charge in [0.05, 0.1) is 37.1 Å². The van der Waals surface area contributed by atoms with Crippen molar-refractivity contribution in [2.75, 3.05) is 25.0 Å². The fourth-order valence-electron chi connectivity index (χ4n) is 3.10. The molecule has 178 valence electrons. The SMILES string of the molecule is CC(=O)Oc1ccc([C@@H]([C@@H](C)N(S(C)(=O)=O)S(C)(=O)=O)N(S(C)(=O)=O)S(C)(=O)=O)cc1. The molecule has 0 aliphatic rings. The summed E-state index contributed by atoms with van der Waals surface area (Å²) in [7, 11) is -18.0. The first-order chi connectivity index (χ1) is 13.7. The van der Waals surface area contributed by atoms with E-state index in [1.807, 2.05) is 0 Å². The van der Waals surface area contributed by atoms with Gasteiger partial charge in [-0.15, -0.1) is 0 Å². The van der Waals surface area contributed by atoms with E-state index >= 15 is 0 Å². The summed E-state index contributed by atoms with van der Waals surface area (Å²) in [6.45, 7) is 2.21. The van der Waals surface area contributed by atoms with Gasteiger partial charge in [-0.3, -0.25) is 4.79 Å². The van der Waals surface area contributed by atoms with Crippen LogP contribution in [0.15, 0.2) is 24.3 Å². The minimum Gasteiger partial charge on any atom is -0.427 e. The van der Waals surface area contributed by atoms with Crippen LogP contribution in [0.5, 0.6) is 5.75 Å². The number of carbonyl (C=O) groups is 1. The van der Waals surface area contributed by atoms with Crippen LogP contribution in [0, 0.1) is 0 Å². The summed E-state index contributed by atoms with van der Waals surface area (Å²) in [6.07, 6.45) is 2.37. The highest BCUT2D eigenvalue weighted by Gasteiger charge is 2.45. The summed E-state index contributed by atoms with van der Waals surface area (Å²) in [6, 6.07) is 1.36. The van der Waals surface area contributed by atoms with Crippen molar-refractivity contribution < 1.29 is 43.2 Å². The lowest BCUT2D eigenvalue weighted by Crippen LogP contribution is -2.51. The van der Waals surface area contributed by atoms with Gasteiger partial charge < -0.3 is 4.74 Å². The molecular formula is C15H24N2O10S4. The van der Waals surface area contributed by atoms with Crippen molar-refractivity contribution in [2.24, 2.45) is 0 Å². The molecule has 0 N–H and O–H groups in total. The van der Waals surface area contributed by atoms with Crippen LogP contribution in [0.3, 0.4) is 0 Å². The van der Waals surface area contributed by atoms with Gasteiger partial charge in [0.15, 0.2) is 0 Å². The Morgan fingerprint density at radius 1 is 0.742 bits per heavy atom. The van der Waals surface area contributed by atoms with Crippen LogP contribution in [0.4, 0.5) is 0 Å². The van der Waals surface area contributed by atoms with Gasteiger partial charge in [-0.25, -0.2) is 33.7 Å². The Balaban J connectivity index is 3.89. The molecule has 16 heteroatoms. The van der Waals surface area contributed by atoms with Gasteiger partial charge in [-0.1, -0.05) is 19.6 Å². The van der Waals surface area contributed by atoms with Crippen molar-refractivity contribution in [1.82, 2.24) is 7.42 Å². The van der Waals surface area contributed by atoms with Gasteiger partial charge in [0, 0.05) is 6.92 Å². The number of nitrogens with zero attached hydrogens (tertiary/aromatic N) is 2. The fraction of sp³-hybridized carbons (Fsp3) is 0.533. The maximum absolute atomic E-state index is 12.4. The average Bonchev–Trinajstić information content (AvgIpc) is 2.47. The molecule has 0 bridgehead atoms. The van der Waals surface area contributed by atoms with Gasteiger partial charge >= 0.3 is 5.97 Å². The molecule has 0 amide bonds. The van der Waals surface area contributed by atoms with E-state index in [-0.39, 0.29) is 18.7 Å². The molecule has 12 nitrogen and oxygen atoms in total. The first-order valence-electron chi connectivity index (χ1n) is 8.35. The van der Waals surface area contributed by atoms with E-state index < -0.39 is 58.1 Å². The summed E-state index contributed by atoms with van der Waals surface area (Å²) in [5.74, 6) is -0.595. The zero-order valence-corrected chi connectivity index (χ0v) is 20.8. The lowest BCUT2D eigenvalue weighted by atomic mass is 10.0. The molecule has 0 aromatic heterocycles. The van der Waals surface area contributed by atoms with E-state index in [4.69, 9.17) is 4.74 Å². The molecule has 0 heterocycles. The Morgan fingerprint density at radius 3 is 1.39 bits per heavy atom. The van der Waals surface area contributed by atoms with Gasteiger partial charge in [0.2, 0.25) is 40.1 Å². The fourth-order valence-corrected chi connectivity index (χ4v) is 9.89. The minimum atomic E-state index is -4.52. The second-order valence-corrected chi connectivity index (χ2v) is 14.8. The van der Waals surface area contributed by atoms with E-state index in [1.165, 1.54) is 24.3 Å². The van der Waals surface area contributed by atoms with Crippen LogP contribution in [0.1, 0.15) is 25.5 Å². The molecule has 0 spiro atoms. The number of esters is 1. The summed E-state index contributed by atoms with van der Waals surface area (Å²) < 4.78 is 103. The zero-order chi connectivity index (χ0) is 24.6. The van der Waals surface area contributed by atoms with Gasteiger partial charge in [-0.2, -0.15) is 0 Å². The molecule has 0 radical (unpaired) electrons. The molecule has 1 aromatic rings. The number of ether oxygens (including phenoxy) is 1. The largest absolute Gasteiger partial charge is 0.427 e. The number of sulfonamides is 4. The number of hydrogen-bond acceptors (Lipinski definition) is 10. The Morgan fingerprint density at radius 2 is 1.10 bits per heavy atom. The maximum atomic E-state index is 12.4. The van der Waals surface area contributed by atoms with Crippen LogP contribution in [0.25, 0.3) is 0 Å². The van der Waals surface area contributed by atoms with Gasteiger partial charge in [-0.05, 0) is 24.6 Å².